The summed E-state index contributed by atoms with van der Waals surface area (Å²) in [7, 11) is 0. The van der Waals surface area contributed by atoms with E-state index in [9.17, 15) is 14.0 Å². The van der Waals surface area contributed by atoms with E-state index in [0.717, 1.165) is 11.1 Å². The minimum Gasteiger partial charge on any atom is -0.289 e. The molecule has 5 heteroatoms. The second-order valence-corrected chi connectivity index (χ2v) is 6.23. The molecule has 0 radical (unpaired) electrons. The Morgan fingerprint density at radius 3 is 2.24 bits per heavy atom. The lowest BCUT2D eigenvalue weighted by atomic mass is 9.96. The quantitative estimate of drug-likeness (QED) is 0.273. The van der Waals surface area contributed by atoms with Gasteiger partial charge in [-0.3, -0.25) is 14.8 Å². The summed E-state index contributed by atoms with van der Waals surface area (Å²) in [6.07, 6.45) is 5.88. The van der Waals surface area contributed by atoms with Gasteiger partial charge in [0.15, 0.2) is 5.78 Å². The predicted molar refractivity (Wildman–Crippen MR) is 111 cm³/mol. The van der Waals surface area contributed by atoms with Crippen LogP contribution in [0.3, 0.4) is 0 Å². The molecule has 1 amide bonds. The van der Waals surface area contributed by atoms with E-state index in [1.54, 1.807) is 66.7 Å². The molecular weight excluding hydrogens is 369 g/mol. The SMILES string of the molecule is O=C(/C=C/c1cccc(/C=C/C(=O)c2ccccc2-c2cccc(F)c2)c1)NO. The Kier molecular flexibility index (Phi) is 6.45. The van der Waals surface area contributed by atoms with Gasteiger partial charge in [0, 0.05) is 11.6 Å². The van der Waals surface area contributed by atoms with Crippen LogP contribution in [0.15, 0.2) is 84.9 Å². The van der Waals surface area contributed by atoms with E-state index in [0.29, 0.717) is 16.7 Å². The van der Waals surface area contributed by atoms with Crippen LogP contribution in [-0.4, -0.2) is 16.9 Å². The van der Waals surface area contributed by atoms with Crippen molar-refractivity contribution in [1.82, 2.24) is 5.48 Å². The van der Waals surface area contributed by atoms with Crippen molar-refractivity contribution in [3.63, 3.8) is 0 Å². The number of hydroxylamine groups is 1. The number of hydrogen-bond acceptors (Lipinski definition) is 3. The van der Waals surface area contributed by atoms with Crippen molar-refractivity contribution in [2.45, 2.75) is 0 Å². The van der Waals surface area contributed by atoms with Crippen molar-refractivity contribution in [2.75, 3.05) is 0 Å². The second-order valence-electron chi connectivity index (χ2n) is 6.23. The molecule has 0 atom stereocenters. The second kappa shape index (κ2) is 9.39. The fourth-order valence-electron chi connectivity index (χ4n) is 2.84. The number of ketones is 1. The Morgan fingerprint density at radius 1 is 0.828 bits per heavy atom. The number of carbonyl (C=O) groups excluding carboxylic acids is 2. The van der Waals surface area contributed by atoms with Gasteiger partial charge in [-0.05, 0) is 52.6 Å². The molecule has 3 aromatic carbocycles. The normalized spacial score (nSPS) is 11.1. The molecule has 144 valence electrons. The van der Waals surface area contributed by atoms with E-state index < -0.39 is 5.91 Å². The summed E-state index contributed by atoms with van der Waals surface area (Å²) in [4.78, 5) is 23.8. The molecule has 0 spiro atoms. The molecule has 0 heterocycles. The highest BCUT2D eigenvalue weighted by atomic mass is 19.1. The number of allylic oxidation sites excluding steroid dienone is 1. The van der Waals surface area contributed by atoms with Crippen LogP contribution in [0, 0.1) is 5.82 Å². The van der Waals surface area contributed by atoms with E-state index in [-0.39, 0.29) is 11.6 Å². The highest BCUT2D eigenvalue weighted by Crippen LogP contribution is 2.25. The van der Waals surface area contributed by atoms with Gasteiger partial charge in [0.2, 0.25) is 0 Å². The van der Waals surface area contributed by atoms with Gasteiger partial charge >= 0.3 is 0 Å². The molecule has 0 saturated carbocycles. The monoisotopic (exact) mass is 387 g/mol. The molecule has 29 heavy (non-hydrogen) atoms. The van der Waals surface area contributed by atoms with E-state index in [1.807, 2.05) is 6.07 Å². The minimum atomic E-state index is -0.630. The molecule has 0 fully saturated rings. The largest absolute Gasteiger partial charge is 0.289 e. The van der Waals surface area contributed by atoms with Gasteiger partial charge in [0.25, 0.3) is 5.91 Å². The molecular formula is C24H18FNO3. The first-order chi connectivity index (χ1) is 14.1. The van der Waals surface area contributed by atoms with Crippen molar-refractivity contribution < 1.29 is 19.2 Å². The minimum absolute atomic E-state index is 0.203. The van der Waals surface area contributed by atoms with Crippen LogP contribution in [0.5, 0.6) is 0 Å². The third kappa shape index (κ3) is 5.34. The Bertz CT molecular complexity index is 1100. The number of benzene rings is 3. The summed E-state index contributed by atoms with van der Waals surface area (Å²) in [5.74, 6) is -1.19. The first-order valence-electron chi connectivity index (χ1n) is 8.86. The first kappa shape index (κ1) is 19.9. The summed E-state index contributed by atoms with van der Waals surface area (Å²) >= 11 is 0. The van der Waals surface area contributed by atoms with Crippen molar-refractivity contribution in [2.24, 2.45) is 0 Å². The summed E-state index contributed by atoms with van der Waals surface area (Å²) in [5, 5.41) is 8.52. The number of carbonyl (C=O) groups is 2. The zero-order valence-electron chi connectivity index (χ0n) is 15.4. The van der Waals surface area contributed by atoms with Crippen molar-refractivity contribution in [1.29, 1.82) is 0 Å². The Labute approximate surface area is 167 Å². The Balaban J connectivity index is 1.84. The average Bonchev–Trinajstić information content (AvgIpc) is 2.76. The molecule has 2 N–H and O–H groups in total. The lowest BCUT2D eigenvalue weighted by molar-refractivity contribution is -0.124. The molecule has 0 aromatic heterocycles. The summed E-state index contributed by atoms with van der Waals surface area (Å²) in [6, 6.07) is 20.4. The molecule has 0 unspecified atom stereocenters. The van der Waals surface area contributed by atoms with Crippen LogP contribution in [0.4, 0.5) is 4.39 Å². The standard InChI is InChI=1S/C24H18FNO3/c25-20-8-4-7-19(16-20)21-9-1-2-10-22(21)23(27)13-11-17-5-3-6-18(15-17)12-14-24(28)26-29/h1-16,29H,(H,26,28)/b13-11+,14-12+. The van der Waals surface area contributed by atoms with Gasteiger partial charge in [-0.15, -0.1) is 0 Å². The van der Waals surface area contributed by atoms with Crippen LogP contribution in [0.1, 0.15) is 21.5 Å². The lowest BCUT2D eigenvalue weighted by Crippen LogP contribution is -2.14. The molecule has 0 saturated heterocycles. The third-order valence-electron chi connectivity index (χ3n) is 4.20. The molecule has 3 aromatic rings. The summed E-state index contributed by atoms with van der Waals surface area (Å²) in [5.41, 5.74) is 4.81. The Hall–Kier alpha value is -3.83. The summed E-state index contributed by atoms with van der Waals surface area (Å²) < 4.78 is 13.6. The number of rotatable bonds is 6. The fraction of sp³-hybridized carbons (Fsp3) is 0. The van der Waals surface area contributed by atoms with Gasteiger partial charge in [-0.25, -0.2) is 9.87 Å². The van der Waals surface area contributed by atoms with Crippen LogP contribution in [-0.2, 0) is 4.79 Å². The summed E-state index contributed by atoms with van der Waals surface area (Å²) in [6.45, 7) is 0. The van der Waals surface area contributed by atoms with Crippen LogP contribution < -0.4 is 5.48 Å². The van der Waals surface area contributed by atoms with Crippen molar-refractivity contribution >= 4 is 23.8 Å². The van der Waals surface area contributed by atoms with Gasteiger partial charge in [0.1, 0.15) is 5.82 Å². The maximum Gasteiger partial charge on any atom is 0.267 e. The first-order valence-corrected chi connectivity index (χ1v) is 8.86. The maximum atomic E-state index is 13.6. The molecule has 0 aliphatic heterocycles. The highest BCUT2D eigenvalue weighted by Gasteiger charge is 2.10. The maximum absolute atomic E-state index is 13.6. The van der Waals surface area contributed by atoms with Gasteiger partial charge in [-0.1, -0.05) is 60.7 Å². The predicted octanol–water partition coefficient (Wildman–Crippen LogP) is 4.91. The molecule has 3 rings (SSSR count). The van der Waals surface area contributed by atoms with Gasteiger partial charge in [0.05, 0.1) is 0 Å². The van der Waals surface area contributed by atoms with Crippen LogP contribution in [0.25, 0.3) is 23.3 Å². The molecule has 4 nitrogen and oxygen atoms in total. The van der Waals surface area contributed by atoms with E-state index in [2.05, 4.69) is 0 Å². The van der Waals surface area contributed by atoms with E-state index in [1.165, 1.54) is 29.8 Å². The Morgan fingerprint density at radius 2 is 1.52 bits per heavy atom. The topological polar surface area (TPSA) is 66.4 Å². The highest BCUT2D eigenvalue weighted by molar-refractivity contribution is 6.11. The van der Waals surface area contributed by atoms with E-state index in [4.69, 9.17) is 5.21 Å². The van der Waals surface area contributed by atoms with Crippen LogP contribution >= 0.6 is 0 Å². The van der Waals surface area contributed by atoms with Crippen LogP contribution in [0.2, 0.25) is 0 Å². The number of amides is 1. The van der Waals surface area contributed by atoms with Gasteiger partial charge in [-0.2, -0.15) is 0 Å². The zero-order chi connectivity index (χ0) is 20.6. The number of nitrogens with one attached hydrogen (secondary N) is 1. The van der Waals surface area contributed by atoms with Crippen molar-refractivity contribution in [3.05, 3.63) is 107 Å². The zero-order valence-corrected chi connectivity index (χ0v) is 15.4. The van der Waals surface area contributed by atoms with Crippen molar-refractivity contribution in [3.8, 4) is 11.1 Å². The molecule has 0 aliphatic carbocycles. The van der Waals surface area contributed by atoms with Gasteiger partial charge < -0.3 is 0 Å². The third-order valence-corrected chi connectivity index (χ3v) is 4.20. The average molecular weight is 387 g/mol. The lowest BCUT2D eigenvalue weighted by Gasteiger charge is -2.07. The van der Waals surface area contributed by atoms with E-state index >= 15 is 0 Å². The molecule has 0 bridgehead atoms. The molecule has 0 aliphatic rings. The number of halogens is 1. The fourth-order valence-corrected chi connectivity index (χ4v) is 2.84. The number of hydrogen-bond donors (Lipinski definition) is 2. The smallest absolute Gasteiger partial charge is 0.267 e.